The Bertz CT molecular complexity index is 822. The Labute approximate surface area is 154 Å². The fourth-order valence-corrected chi connectivity index (χ4v) is 3.92. The number of halogens is 1. The van der Waals surface area contributed by atoms with Crippen molar-refractivity contribution in [2.75, 3.05) is 0 Å². The first-order valence-electron chi connectivity index (χ1n) is 7.57. The average molecular weight is 395 g/mol. The lowest BCUT2D eigenvalue weighted by molar-refractivity contribution is 0.836. The average Bonchev–Trinajstić information content (AvgIpc) is 3.05. The van der Waals surface area contributed by atoms with Crippen molar-refractivity contribution in [3.8, 4) is 6.07 Å². The first kappa shape index (κ1) is 16.6. The molecule has 0 saturated carbocycles. The van der Waals surface area contributed by atoms with E-state index in [9.17, 15) is 5.26 Å². The molecule has 1 heterocycles. The van der Waals surface area contributed by atoms with Gasteiger partial charge in [-0.3, -0.25) is 4.99 Å². The maximum Gasteiger partial charge on any atom is 0.142 e. The maximum atomic E-state index is 9.57. The number of hydrogen-bond acceptors (Lipinski definition) is 3. The van der Waals surface area contributed by atoms with E-state index in [0.717, 1.165) is 26.2 Å². The van der Waals surface area contributed by atoms with Crippen LogP contribution in [0, 0.1) is 11.3 Å². The predicted octanol–water partition coefficient (Wildman–Crippen LogP) is 5.48. The van der Waals surface area contributed by atoms with Crippen molar-refractivity contribution in [2.24, 2.45) is 4.99 Å². The fourth-order valence-electron chi connectivity index (χ4n) is 2.44. The van der Waals surface area contributed by atoms with Crippen molar-refractivity contribution < 1.29 is 0 Å². The molecule has 0 saturated heterocycles. The quantitative estimate of drug-likeness (QED) is 0.527. The molecule has 2 nitrogen and oxygen atoms in total. The number of rotatable bonds is 5. The van der Waals surface area contributed by atoms with E-state index in [-0.39, 0.29) is 0 Å². The number of aliphatic imine (C=N–C) groups is 1. The van der Waals surface area contributed by atoms with Gasteiger partial charge in [-0.05, 0) is 22.0 Å². The summed E-state index contributed by atoms with van der Waals surface area (Å²) in [6, 6.07) is 24.0. The van der Waals surface area contributed by atoms with Crippen LogP contribution in [0.25, 0.3) is 0 Å². The summed E-state index contributed by atoms with van der Waals surface area (Å²) in [5.74, 6) is 0. The Kier molecular flexibility index (Phi) is 5.58. The molecule has 0 bridgehead atoms. The molecule has 0 radical (unpaired) electrons. The van der Waals surface area contributed by atoms with Gasteiger partial charge in [-0.1, -0.05) is 60.7 Å². The van der Waals surface area contributed by atoms with Crippen molar-refractivity contribution in [2.45, 2.75) is 12.5 Å². The molecule has 0 N–H and O–H groups in total. The molecule has 118 valence electrons. The molecule has 3 rings (SSSR count). The third-order valence-corrected chi connectivity index (χ3v) is 5.26. The van der Waals surface area contributed by atoms with Crippen LogP contribution in [-0.4, -0.2) is 11.8 Å². The summed E-state index contributed by atoms with van der Waals surface area (Å²) in [6.07, 6.45) is 0.621. The minimum Gasteiger partial charge on any atom is -0.265 e. The van der Waals surface area contributed by atoms with Gasteiger partial charge in [0.05, 0.1) is 11.8 Å². The molecule has 0 aliphatic rings. The second kappa shape index (κ2) is 8.05. The van der Waals surface area contributed by atoms with E-state index >= 15 is 0 Å². The van der Waals surface area contributed by atoms with Crippen LogP contribution in [0.15, 0.2) is 81.6 Å². The summed E-state index contributed by atoms with van der Waals surface area (Å²) in [7, 11) is 0. The second-order valence-corrected chi connectivity index (χ2v) is 7.20. The predicted molar refractivity (Wildman–Crippen MR) is 104 cm³/mol. The highest BCUT2D eigenvalue weighted by molar-refractivity contribution is 9.10. The molecule has 3 aromatic rings. The number of hydrogen-bond donors (Lipinski definition) is 0. The second-order valence-electron chi connectivity index (χ2n) is 5.29. The summed E-state index contributed by atoms with van der Waals surface area (Å²) in [6.45, 7) is 0. The fraction of sp³-hybridized carbons (Fsp3) is 0.100. The van der Waals surface area contributed by atoms with Gasteiger partial charge >= 0.3 is 0 Å². The SMILES string of the molecule is N#CC(Cc1cc(Br)cs1)N=C(c1ccccc1)c1ccccc1. The highest BCUT2D eigenvalue weighted by atomic mass is 79.9. The van der Waals surface area contributed by atoms with Crippen molar-refractivity contribution in [1.82, 2.24) is 0 Å². The van der Waals surface area contributed by atoms with Gasteiger partial charge < -0.3 is 0 Å². The van der Waals surface area contributed by atoms with Crippen LogP contribution in [0.3, 0.4) is 0 Å². The van der Waals surface area contributed by atoms with Crippen molar-refractivity contribution >= 4 is 33.0 Å². The van der Waals surface area contributed by atoms with E-state index in [4.69, 9.17) is 4.99 Å². The molecule has 2 aromatic carbocycles. The molecule has 0 aliphatic carbocycles. The first-order chi connectivity index (χ1) is 11.8. The lowest BCUT2D eigenvalue weighted by atomic mass is 10.0. The number of thiophene rings is 1. The maximum absolute atomic E-state index is 9.57. The van der Waals surface area contributed by atoms with E-state index in [0.29, 0.717) is 6.42 Å². The summed E-state index contributed by atoms with van der Waals surface area (Å²) >= 11 is 5.10. The molecule has 24 heavy (non-hydrogen) atoms. The highest BCUT2D eigenvalue weighted by Crippen LogP contribution is 2.22. The third-order valence-electron chi connectivity index (χ3n) is 3.54. The van der Waals surface area contributed by atoms with Crippen LogP contribution < -0.4 is 0 Å². The highest BCUT2D eigenvalue weighted by Gasteiger charge is 2.13. The summed E-state index contributed by atoms with van der Waals surface area (Å²) in [5, 5.41) is 11.6. The minimum atomic E-state index is -0.411. The van der Waals surface area contributed by atoms with E-state index in [1.807, 2.05) is 66.0 Å². The van der Waals surface area contributed by atoms with Gasteiger partial charge in [0, 0.05) is 32.3 Å². The monoisotopic (exact) mass is 394 g/mol. The standard InChI is InChI=1S/C20H15BrN2S/c21-17-11-19(24-14-17)12-18(13-22)23-20(15-7-3-1-4-8-15)16-9-5-2-6-10-16/h1-11,14,18H,12H2. The van der Waals surface area contributed by atoms with E-state index < -0.39 is 6.04 Å². The van der Waals surface area contributed by atoms with Crippen molar-refractivity contribution in [1.29, 1.82) is 5.26 Å². The van der Waals surface area contributed by atoms with Gasteiger partial charge in [0.15, 0.2) is 0 Å². The third kappa shape index (κ3) is 4.19. The molecule has 1 unspecified atom stereocenters. The molecule has 0 fully saturated rings. The Hall–Kier alpha value is -2.22. The zero-order chi connectivity index (χ0) is 16.8. The van der Waals surface area contributed by atoms with Crippen molar-refractivity contribution in [3.05, 3.63) is 92.6 Å². The molecule has 0 amide bonds. The Balaban J connectivity index is 1.97. The topological polar surface area (TPSA) is 36.1 Å². The van der Waals surface area contributed by atoms with Crippen molar-refractivity contribution in [3.63, 3.8) is 0 Å². The summed E-state index contributed by atoms with van der Waals surface area (Å²) in [4.78, 5) is 5.94. The van der Waals surface area contributed by atoms with E-state index in [2.05, 4.69) is 28.1 Å². The zero-order valence-corrected chi connectivity index (χ0v) is 15.3. The molecule has 1 atom stereocenters. The van der Waals surface area contributed by atoms with Gasteiger partial charge in [-0.25, -0.2) is 0 Å². The van der Waals surface area contributed by atoms with Gasteiger partial charge in [0.1, 0.15) is 6.04 Å². The molecular formula is C20H15BrN2S. The van der Waals surface area contributed by atoms with Crippen LogP contribution in [0.5, 0.6) is 0 Å². The van der Waals surface area contributed by atoms with Gasteiger partial charge in [0.25, 0.3) is 0 Å². The Morgan fingerprint density at radius 1 is 1.04 bits per heavy atom. The normalized spacial score (nSPS) is 11.5. The van der Waals surface area contributed by atoms with Crippen LogP contribution in [-0.2, 0) is 6.42 Å². The first-order valence-corrected chi connectivity index (χ1v) is 9.24. The lowest BCUT2D eigenvalue weighted by Gasteiger charge is -2.10. The number of nitrogens with zero attached hydrogens (tertiary/aromatic N) is 2. The minimum absolute atomic E-state index is 0.411. The Morgan fingerprint density at radius 3 is 2.08 bits per heavy atom. The van der Waals surface area contributed by atoms with Gasteiger partial charge in [0.2, 0.25) is 0 Å². The van der Waals surface area contributed by atoms with Crippen LogP contribution in [0.4, 0.5) is 0 Å². The Morgan fingerprint density at radius 2 is 1.62 bits per heavy atom. The van der Waals surface area contributed by atoms with Gasteiger partial charge in [-0.15, -0.1) is 11.3 Å². The smallest absolute Gasteiger partial charge is 0.142 e. The molecular weight excluding hydrogens is 380 g/mol. The summed E-state index contributed by atoms with van der Waals surface area (Å²) < 4.78 is 1.05. The largest absolute Gasteiger partial charge is 0.265 e. The molecule has 0 spiro atoms. The van der Waals surface area contributed by atoms with E-state index in [1.165, 1.54) is 0 Å². The lowest BCUT2D eigenvalue weighted by Crippen LogP contribution is -2.12. The number of benzene rings is 2. The summed E-state index contributed by atoms with van der Waals surface area (Å²) in [5.41, 5.74) is 2.91. The van der Waals surface area contributed by atoms with Crippen LogP contribution in [0.1, 0.15) is 16.0 Å². The van der Waals surface area contributed by atoms with E-state index in [1.54, 1.807) is 11.3 Å². The molecule has 1 aromatic heterocycles. The number of nitriles is 1. The van der Waals surface area contributed by atoms with Crippen LogP contribution in [0.2, 0.25) is 0 Å². The molecule has 0 aliphatic heterocycles. The zero-order valence-electron chi connectivity index (χ0n) is 12.9. The molecule has 4 heteroatoms. The van der Waals surface area contributed by atoms with Gasteiger partial charge in [-0.2, -0.15) is 5.26 Å². The van der Waals surface area contributed by atoms with Crippen LogP contribution >= 0.6 is 27.3 Å².